The number of nitrogens with two attached hydrogens (primary N) is 1. The van der Waals surface area contributed by atoms with Gasteiger partial charge in [0.1, 0.15) is 23.0 Å². The van der Waals surface area contributed by atoms with Crippen molar-refractivity contribution in [2.24, 2.45) is 4.99 Å². The second-order valence-corrected chi connectivity index (χ2v) is 7.37. The largest absolute Gasteiger partial charge is 0.455 e. The first kappa shape index (κ1) is 21.4. The first-order chi connectivity index (χ1) is 14.4. The van der Waals surface area contributed by atoms with Crippen molar-refractivity contribution in [3.8, 4) is 5.75 Å². The van der Waals surface area contributed by atoms with Crippen LogP contribution in [0, 0.1) is 6.92 Å². The summed E-state index contributed by atoms with van der Waals surface area (Å²) < 4.78 is 6.06. The van der Waals surface area contributed by atoms with Crippen molar-refractivity contribution in [3.63, 3.8) is 0 Å². The number of amides is 1. The number of pyridine rings is 2. The Morgan fingerprint density at radius 3 is 2.77 bits per heavy atom. The molecule has 0 atom stereocenters. The van der Waals surface area contributed by atoms with Gasteiger partial charge >= 0.3 is 0 Å². The Hall–Kier alpha value is -3.26. The van der Waals surface area contributed by atoms with Gasteiger partial charge in [0.25, 0.3) is 5.91 Å². The van der Waals surface area contributed by atoms with E-state index in [1.54, 1.807) is 24.3 Å². The molecule has 1 fully saturated rings. The predicted molar refractivity (Wildman–Crippen MR) is 119 cm³/mol. The summed E-state index contributed by atoms with van der Waals surface area (Å²) in [5.41, 5.74) is 7.86. The standard InChI is InChI=1S/C22H28N6O2/c1-5-19(30-20-6-7-21(23)26-14(20)2)16-12-17(25-13-18(16)24-3)22(29)27-15-8-10-28(4)11-9-15/h5-7,12-13,15H,3,8-11H2,1-2,4H3,(H2,23,26)(H,27,29)/b19-5+. The number of nitrogens with one attached hydrogen (secondary N) is 1. The lowest BCUT2D eigenvalue weighted by Crippen LogP contribution is -2.43. The lowest BCUT2D eigenvalue weighted by molar-refractivity contribution is 0.0912. The number of ether oxygens (including phenoxy) is 1. The fraction of sp³-hybridized carbons (Fsp3) is 0.364. The Bertz CT molecular complexity index is 964. The van der Waals surface area contributed by atoms with Gasteiger partial charge < -0.3 is 20.7 Å². The van der Waals surface area contributed by atoms with Gasteiger partial charge in [0, 0.05) is 11.6 Å². The van der Waals surface area contributed by atoms with Crippen LogP contribution in [0.25, 0.3) is 5.76 Å². The maximum atomic E-state index is 12.8. The molecule has 3 N–H and O–H groups in total. The number of likely N-dealkylation sites (tertiary alicyclic amines) is 1. The molecule has 0 radical (unpaired) electrons. The number of allylic oxidation sites excluding steroid dienone is 1. The second-order valence-electron chi connectivity index (χ2n) is 7.37. The highest BCUT2D eigenvalue weighted by Crippen LogP contribution is 2.30. The lowest BCUT2D eigenvalue weighted by atomic mass is 10.1. The summed E-state index contributed by atoms with van der Waals surface area (Å²) in [5.74, 6) is 1.32. The van der Waals surface area contributed by atoms with E-state index in [2.05, 4.69) is 38.9 Å². The van der Waals surface area contributed by atoms with Crippen LogP contribution in [0.2, 0.25) is 0 Å². The zero-order chi connectivity index (χ0) is 21.7. The summed E-state index contributed by atoms with van der Waals surface area (Å²) in [6.07, 6.45) is 5.19. The molecule has 1 amide bonds. The number of aliphatic imine (C=N–C) groups is 1. The van der Waals surface area contributed by atoms with Gasteiger partial charge in [0.05, 0.1) is 17.6 Å². The van der Waals surface area contributed by atoms with E-state index in [1.165, 1.54) is 6.20 Å². The number of nitrogen functional groups attached to an aromatic ring is 1. The highest BCUT2D eigenvalue weighted by atomic mass is 16.5. The molecule has 2 aromatic rings. The molecule has 0 aromatic carbocycles. The maximum Gasteiger partial charge on any atom is 0.270 e. The molecule has 3 heterocycles. The van der Waals surface area contributed by atoms with Gasteiger partial charge in [-0.15, -0.1) is 0 Å². The number of anilines is 1. The van der Waals surface area contributed by atoms with Crippen molar-refractivity contribution < 1.29 is 9.53 Å². The van der Waals surface area contributed by atoms with E-state index in [4.69, 9.17) is 10.5 Å². The molecule has 8 nitrogen and oxygen atoms in total. The maximum absolute atomic E-state index is 12.8. The normalized spacial score (nSPS) is 15.6. The second kappa shape index (κ2) is 9.49. The first-order valence-electron chi connectivity index (χ1n) is 9.95. The minimum atomic E-state index is -0.206. The number of nitrogens with zero attached hydrogens (tertiary/aromatic N) is 4. The third-order valence-electron chi connectivity index (χ3n) is 5.15. The Morgan fingerprint density at radius 2 is 2.13 bits per heavy atom. The van der Waals surface area contributed by atoms with Crippen molar-refractivity contribution in [3.05, 3.63) is 47.4 Å². The van der Waals surface area contributed by atoms with Crippen LogP contribution in [0.4, 0.5) is 11.5 Å². The van der Waals surface area contributed by atoms with Gasteiger partial charge in [-0.1, -0.05) is 0 Å². The van der Waals surface area contributed by atoms with E-state index in [-0.39, 0.29) is 11.9 Å². The monoisotopic (exact) mass is 408 g/mol. The number of rotatable bonds is 6. The SMILES string of the molecule is C=Nc1cnc(C(=O)NC2CCN(C)CC2)cc1/C(=C\C)Oc1ccc(N)nc1C. The average molecular weight is 409 g/mol. The van der Waals surface area contributed by atoms with Crippen molar-refractivity contribution in [2.75, 3.05) is 25.9 Å². The lowest BCUT2D eigenvalue weighted by Gasteiger charge is -2.29. The van der Waals surface area contributed by atoms with Crippen LogP contribution in [0.15, 0.2) is 35.5 Å². The van der Waals surface area contributed by atoms with Gasteiger partial charge in [0.2, 0.25) is 0 Å². The van der Waals surface area contributed by atoms with E-state index >= 15 is 0 Å². The summed E-state index contributed by atoms with van der Waals surface area (Å²) in [7, 11) is 2.09. The molecule has 0 saturated carbocycles. The van der Waals surface area contributed by atoms with Crippen LogP contribution >= 0.6 is 0 Å². The number of hydrogen-bond donors (Lipinski definition) is 2. The van der Waals surface area contributed by atoms with Crippen molar-refractivity contribution in [1.29, 1.82) is 0 Å². The molecule has 158 valence electrons. The number of hydrogen-bond acceptors (Lipinski definition) is 7. The summed E-state index contributed by atoms with van der Waals surface area (Å²) >= 11 is 0. The Morgan fingerprint density at radius 1 is 1.40 bits per heavy atom. The van der Waals surface area contributed by atoms with Crippen LogP contribution in [-0.2, 0) is 0 Å². The molecule has 3 rings (SSSR count). The topological polar surface area (TPSA) is 106 Å². The van der Waals surface area contributed by atoms with Crippen molar-refractivity contribution >= 4 is 29.9 Å². The highest BCUT2D eigenvalue weighted by molar-refractivity contribution is 5.94. The molecular weight excluding hydrogens is 380 g/mol. The Kier molecular flexibility index (Phi) is 6.79. The molecule has 0 aliphatic carbocycles. The fourth-order valence-corrected chi connectivity index (χ4v) is 3.37. The molecule has 0 bridgehead atoms. The molecule has 30 heavy (non-hydrogen) atoms. The predicted octanol–water partition coefficient (Wildman–Crippen LogP) is 2.96. The molecule has 1 aliphatic rings. The van der Waals surface area contributed by atoms with E-state index in [0.717, 1.165) is 25.9 Å². The van der Waals surface area contributed by atoms with Gasteiger partial charge in [-0.05, 0) is 77.8 Å². The number of carbonyl (C=O) groups excluding carboxylic acids is 1. The summed E-state index contributed by atoms with van der Waals surface area (Å²) in [5, 5.41) is 3.08. The zero-order valence-electron chi connectivity index (χ0n) is 17.7. The third kappa shape index (κ3) is 5.01. The molecule has 2 aromatic heterocycles. The number of aryl methyl sites for hydroxylation is 1. The van der Waals surface area contributed by atoms with Gasteiger partial charge in [-0.25, -0.2) is 9.97 Å². The van der Waals surface area contributed by atoms with Crippen LogP contribution in [-0.4, -0.2) is 53.7 Å². The molecule has 0 unspecified atom stereocenters. The summed E-state index contributed by atoms with van der Waals surface area (Å²) in [4.78, 5) is 27.6. The van der Waals surface area contributed by atoms with Gasteiger partial charge in [0.15, 0.2) is 0 Å². The number of piperidine rings is 1. The van der Waals surface area contributed by atoms with E-state index in [1.807, 2.05) is 13.8 Å². The van der Waals surface area contributed by atoms with Crippen molar-refractivity contribution in [2.45, 2.75) is 32.7 Å². The summed E-state index contributed by atoms with van der Waals surface area (Å²) in [6, 6.07) is 5.27. The minimum Gasteiger partial charge on any atom is -0.455 e. The quantitative estimate of drug-likeness (QED) is 0.562. The third-order valence-corrected chi connectivity index (χ3v) is 5.15. The number of aromatic nitrogens is 2. The molecule has 1 saturated heterocycles. The van der Waals surface area contributed by atoms with Crippen LogP contribution in [0.1, 0.15) is 41.5 Å². The Labute approximate surface area is 176 Å². The van der Waals surface area contributed by atoms with Crippen LogP contribution < -0.4 is 15.8 Å². The molecule has 0 spiro atoms. The highest BCUT2D eigenvalue weighted by Gasteiger charge is 2.21. The van der Waals surface area contributed by atoms with Crippen LogP contribution in [0.3, 0.4) is 0 Å². The summed E-state index contributed by atoms with van der Waals surface area (Å²) in [6.45, 7) is 9.21. The molecule has 1 aliphatic heterocycles. The number of carbonyl (C=O) groups is 1. The van der Waals surface area contributed by atoms with E-state index < -0.39 is 0 Å². The smallest absolute Gasteiger partial charge is 0.270 e. The zero-order valence-corrected chi connectivity index (χ0v) is 17.7. The minimum absolute atomic E-state index is 0.150. The molecule has 8 heteroatoms. The van der Waals surface area contributed by atoms with Crippen molar-refractivity contribution in [1.82, 2.24) is 20.2 Å². The van der Waals surface area contributed by atoms with Gasteiger partial charge in [-0.3, -0.25) is 9.79 Å². The van der Waals surface area contributed by atoms with Gasteiger partial charge in [-0.2, -0.15) is 0 Å². The fourth-order valence-electron chi connectivity index (χ4n) is 3.37. The average Bonchev–Trinajstić information content (AvgIpc) is 2.74. The van der Waals surface area contributed by atoms with E-state index in [0.29, 0.717) is 40.0 Å². The van der Waals surface area contributed by atoms with Crippen LogP contribution in [0.5, 0.6) is 5.75 Å². The first-order valence-corrected chi connectivity index (χ1v) is 9.95. The van der Waals surface area contributed by atoms with E-state index in [9.17, 15) is 4.79 Å². The Balaban J connectivity index is 1.84. The molecular formula is C22H28N6O2.